The Labute approximate surface area is 141 Å². The van der Waals surface area contributed by atoms with Gasteiger partial charge in [-0.25, -0.2) is 0 Å². The number of nitrogens with zero attached hydrogens (tertiary/aromatic N) is 1. The number of unbranched alkanes of at least 4 members (excludes halogenated alkanes) is 3. The minimum absolute atomic E-state index is 1.07. The molecule has 0 aliphatic heterocycles. The van der Waals surface area contributed by atoms with Crippen molar-refractivity contribution in [2.75, 3.05) is 7.11 Å². The number of rotatable bonds is 11. The van der Waals surface area contributed by atoms with E-state index in [9.17, 15) is 0 Å². The SMILES string of the molecule is CCC[CH2][Sn]([CH2]CCC)([CH2]CCC)[c]1nc(C)ccc1OC. The van der Waals surface area contributed by atoms with Gasteiger partial charge in [-0.15, -0.1) is 0 Å². The van der Waals surface area contributed by atoms with Gasteiger partial charge in [0, 0.05) is 0 Å². The number of hydrogen-bond acceptors (Lipinski definition) is 2. The quantitative estimate of drug-likeness (QED) is 0.451. The Kier molecular flexibility index (Phi) is 9.46. The first-order valence-electron chi connectivity index (χ1n) is 9.15. The average Bonchev–Trinajstić information content (AvgIpc) is 2.54. The fraction of sp³-hybridized carbons (Fsp3) is 0.737. The van der Waals surface area contributed by atoms with Crippen LogP contribution in [0.15, 0.2) is 12.1 Å². The normalized spacial score (nSPS) is 11.7. The molecule has 0 bridgehead atoms. The summed E-state index contributed by atoms with van der Waals surface area (Å²) in [6.07, 6.45) is 7.98. The van der Waals surface area contributed by atoms with Crippen molar-refractivity contribution in [3.63, 3.8) is 0 Å². The van der Waals surface area contributed by atoms with Crippen LogP contribution >= 0.6 is 0 Å². The molecule has 0 fully saturated rings. The molecule has 0 aliphatic rings. The third kappa shape index (κ3) is 5.43. The van der Waals surface area contributed by atoms with Crippen molar-refractivity contribution in [3.05, 3.63) is 17.8 Å². The van der Waals surface area contributed by atoms with Gasteiger partial charge >= 0.3 is 142 Å². The first-order chi connectivity index (χ1) is 10.6. The van der Waals surface area contributed by atoms with Crippen molar-refractivity contribution in [2.24, 2.45) is 0 Å². The van der Waals surface area contributed by atoms with E-state index in [0.717, 1.165) is 11.4 Å². The zero-order chi connectivity index (χ0) is 16.4. The molecule has 0 spiro atoms. The zero-order valence-corrected chi connectivity index (χ0v) is 18.2. The second-order valence-corrected chi connectivity index (χ2v) is 19.5. The van der Waals surface area contributed by atoms with Gasteiger partial charge in [0.05, 0.1) is 0 Å². The second-order valence-electron chi connectivity index (χ2n) is 6.59. The number of ether oxygens (including phenoxy) is 1. The maximum atomic E-state index is 5.74. The van der Waals surface area contributed by atoms with Crippen molar-refractivity contribution >= 4 is 22.1 Å². The number of methoxy groups -OCH3 is 1. The Balaban J connectivity index is 3.26. The molecule has 126 valence electrons. The second kappa shape index (κ2) is 10.5. The Morgan fingerprint density at radius 2 is 1.41 bits per heavy atom. The number of pyridine rings is 1. The molecule has 0 saturated carbocycles. The molecular formula is C19H35NOSn. The van der Waals surface area contributed by atoms with Gasteiger partial charge in [-0.3, -0.25) is 0 Å². The fourth-order valence-corrected chi connectivity index (χ4v) is 19.6. The van der Waals surface area contributed by atoms with E-state index in [-0.39, 0.29) is 0 Å². The van der Waals surface area contributed by atoms with Gasteiger partial charge < -0.3 is 0 Å². The van der Waals surface area contributed by atoms with Gasteiger partial charge in [-0.2, -0.15) is 0 Å². The summed E-state index contributed by atoms with van der Waals surface area (Å²) in [5.41, 5.74) is 1.15. The summed E-state index contributed by atoms with van der Waals surface area (Å²) in [6.45, 7) is 9.07. The summed E-state index contributed by atoms with van der Waals surface area (Å²) < 4.78 is 11.5. The van der Waals surface area contributed by atoms with E-state index in [4.69, 9.17) is 9.72 Å². The molecule has 1 rings (SSSR count). The van der Waals surface area contributed by atoms with E-state index in [1.54, 1.807) is 0 Å². The van der Waals surface area contributed by atoms with Crippen LogP contribution in [0.1, 0.15) is 65.0 Å². The summed E-state index contributed by atoms with van der Waals surface area (Å²) in [5, 5.41) is 0. The Morgan fingerprint density at radius 3 is 1.82 bits per heavy atom. The monoisotopic (exact) mass is 413 g/mol. The summed E-state index contributed by atoms with van der Waals surface area (Å²) in [4.78, 5) is 5.04. The molecule has 2 nitrogen and oxygen atoms in total. The van der Waals surface area contributed by atoms with Crippen LogP contribution in [-0.2, 0) is 0 Å². The van der Waals surface area contributed by atoms with E-state index in [2.05, 4.69) is 39.8 Å². The van der Waals surface area contributed by atoms with E-state index < -0.39 is 18.4 Å². The van der Waals surface area contributed by atoms with Crippen molar-refractivity contribution < 1.29 is 4.74 Å². The first kappa shape index (κ1) is 19.8. The average molecular weight is 412 g/mol. The molecule has 0 saturated heterocycles. The molecule has 1 heterocycles. The van der Waals surface area contributed by atoms with Crippen LogP contribution in [0, 0.1) is 6.92 Å². The zero-order valence-electron chi connectivity index (χ0n) is 15.4. The van der Waals surface area contributed by atoms with Gasteiger partial charge in [-0.1, -0.05) is 0 Å². The molecule has 0 radical (unpaired) electrons. The molecular weight excluding hydrogens is 377 g/mol. The van der Waals surface area contributed by atoms with Crippen LogP contribution in [0.4, 0.5) is 0 Å². The molecule has 0 atom stereocenters. The summed E-state index contributed by atoms with van der Waals surface area (Å²) in [6, 6.07) is 4.26. The van der Waals surface area contributed by atoms with Crippen LogP contribution < -0.4 is 8.45 Å². The summed E-state index contributed by atoms with van der Waals surface area (Å²) in [7, 11) is 1.81. The van der Waals surface area contributed by atoms with Crippen molar-refractivity contribution in [1.29, 1.82) is 0 Å². The molecule has 0 amide bonds. The standard InChI is InChI=1S/C7H8NO.3C4H9.Sn/c1-6-3-4-7(9-2)5-8-6;3*1-3-4-2;/h3-4H,1-2H3;3*1,3-4H2,2H3;. The Bertz CT molecular complexity index is 412. The third-order valence-corrected chi connectivity index (χ3v) is 19.9. The predicted octanol–water partition coefficient (Wildman–Crippen LogP) is 5.45. The van der Waals surface area contributed by atoms with E-state index in [1.165, 1.54) is 55.5 Å². The van der Waals surface area contributed by atoms with Gasteiger partial charge in [0.25, 0.3) is 0 Å². The van der Waals surface area contributed by atoms with Gasteiger partial charge in [0.2, 0.25) is 0 Å². The van der Waals surface area contributed by atoms with Crippen LogP contribution in [-0.4, -0.2) is 30.5 Å². The van der Waals surface area contributed by atoms with Crippen LogP contribution in [0.2, 0.25) is 13.3 Å². The first-order valence-corrected chi connectivity index (χ1v) is 16.6. The molecule has 0 unspecified atom stereocenters. The fourth-order valence-electron chi connectivity index (χ4n) is 3.36. The molecule has 1 aromatic rings. The number of aryl methyl sites for hydroxylation is 1. The van der Waals surface area contributed by atoms with Gasteiger partial charge in [0.1, 0.15) is 0 Å². The maximum absolute atomic E-state index is 5.74. The topological polar surface area (TPSA) is 22.1 Å². The van der Waals surface area contributed by atoms with E-state index in [1.807, 2.05) is 7.11 Å². The van der Waals surface area contributed by atoms with Crippen molar-refractivity contribution in [1.82, 2.24) is 4.98 Å². The van der Waals surface area contributed by atoms with Crippen LogP contribution in [0.25, 0.3) is 0 Å². The Morgan fingerprint density at radius 1 is 0.909 bits per heavy atom. The van der Waals surface area contributed by atoms with E-state index >= 15 is 0 Å². The van der Waals surface area contributed by atoms with Crippen LogP contribution in [0.3, 0.4) is 0 Å². The van der Waals surface area contributed by atoms with E-state index in [0.29, 0.717) is 0 Å². The molecule has 0 N–H and O–H groups in total. The molecule has 1 aromatic heterocycles. The number of hydrogen-bond donors (Lipinski definition) is 0. The molecule has 3 heteroatoms. The Hall–Kier alpha value is -0.251. The van der Waals surface area contributed by atoms with Crippen molar-refractivity contribution in [2.45, 2.75) is 79.5 Å². The number of aromatic nitrogens is 1. The van der Waals surface area contributed by atoms with Crippen LogP contribution in [0.5, 0.6) is 5.75 Å². The summed E-state index contributed by atoms with van der Waals surface area (Å²) in [5.74, 6) is 1.07. The third-order valence-electron chi connectivity index (χ3n) is 4.75. The predicted molar refractivity (Wildman–Crippen MR) is 100 cm³/mol. The van der Waals surface area contributed by atoms with Gasteiger partial charge in [0.15, 0.2) is 0 Å². The molecule has 22 heavy (non-hydrogen) atoms. The summed E-state index contributed by atoms with van der Waals surface area (Å²) >= 11 is -2.47. The molecule has 0 aromatic carbocycles. The minimum atomic E-state index is -2.47. The van der Waals surface area contributed by atoms with Crippen molar-refractivity contribution in [3.8, 4) is 5.75 Å². The molecule has 0 aliphatic carbocycles. The van der Waals surface area contributed by atoms with Gasteiger partial charge in [-0.05, 0) is 0 Å².